The zero-order valence-corrected chi connectivity index (χ0v) is 16.9. The van der Waals surface area contributed by atoms with E-state index in [1.54, 1.807) is 30.5 Å². The molecule has 0 saturated heterocycles. The summed E-state index contributed by atoms with van der Waals surface area (Å²) in [5.41, 5.74) is 2.41. The van der Waals surface area contributed by atoms with Gasteiger partial charge in [0.1, 0.15) is 5.01 Å². The fourth-order valence-corrected chi connectivity index (χ4v) is 4.24. The average Bonchev–Trinajstić information content (AvgIpc) is 3.15. The van der Waals surface area contributed by atoms with E-state index in [2.05, 4.69) is 20.0 Å². The summed E-state index contributed by atoms with van der Waals surface area (Å²) in [5.74, 6) is -0.215. The SMILES string of the molecule is Cc1ccc(S(=O)(=O)NCCNC(=O)Cc2csc(-c3ccccn3)n2)cc1. The van der Waals surface area contributed by atoms with Crippen LogP contribution in [0.1, 0.15) is 11.3 Å². The van der Waals surface area contributed by atoms with Gasteiger partial charge in [-0.3, -0.25) is 9.78 Å². The molecule has 0 bridgehead atoms. The zero-order chi connectivity index (χ0) is 20.0. The number of amides is 1. The third-order valence-electron chi connectivity index (χ3n) is 3.85. The Labute approximate surface area is 167 Å². The number of hydrogen-bond acceptors (Lipinski definition) is 6. The van der Waals surface area contributed by atoms with Gasteiger partial charge < -0.3 is 5.32 Å². The second-order valence-corrected chi connectivity index (χ2v) is 8.72. The highest BCUT2D eigenvalue weighted by Gasteiger charge is 2.13. The second kappa shape index (κ2) is 9.05. The van der Waals surface area contributed by atoms with Gasteiger partial charge in [-0.25, -0.2) is 18.1 Å². The molecule has 3 rings (SSSR count). The summed E-state index contributed by atoms with van der Waals surface area (Å²) in [6.45, 7) is 2.19. The van der Waals surface area contributed by atoms with Crippen molar-refractivity contribution in [1.82, 2.24) is 20.0 Å². The Balaban J connectivity index is 1.45. The van der Waals surface area contributed by atoms with Gasteiger partial charge in [0.15, 0.2) is 0 Å². The minimum atomic E-state index is -3.58. The van der Waals surface area contributed by atoms with Gasteiger partial charge >= 0.3 is 0 Å². The molecule has 1 aromatic carbocycles. The maximum Gasteiger partial charge on any atom is 0.240 e. The molecule has 0 radical (unpaired) electrons. The van der Waals surface area contributed by atoms with Crippen LogP contribution < -0.4 is 10.0 Å². The Bertz CT molecular complexity index is 1030. The van der Waals surface area contributed by atoms with Crippen molar-refractivity contribution in [3.05, 3.63) is 65.3 Å². The summed E-state index contributed by atoms with van der Waals surface area (Å²) in [5, 5.41) is 5.28. The molecule has 0 fully saturated rings. The normalized spacial score (nSPS) is 11.3. The number of sulfonamides is 1. The molecule has 7 nitrogen and oxygen atoms in total. The van der Waals surface area contributed by atoms with Crippen molar-refractivity contribution in [2.24, 2.45) is 0 Å². The molecule has 2 N–H and O–H groups in total. The second-order valence-electron chi connectivity index (χ2n) is 6.10. The molecule has 0 aliphatic rings. The number of carbonyl (C=O) groups is 1. The number of carbonyl (C=O) groups excluding carboxylic acids is 1. The first-order valence-electron chi connectivity index (χ1n) is 8.63. The molecule has 2 heterocycles. The first-order valence-corrected chi connectivity index (χ1v) is 11.0. The van der Waals surface area contributed by atoms with Crippen LogP contribution in [0, 0.1) is 6.92 Å². The molecule has 0 atom stereocenters. The Morgan fingerprint density at radius 3 is 2.61 bits per heavy atom. The van der Waals surface area contributed by atoms with Crippen molar-refractivity contribution in [1.29, 1.82) is 0 Å². The largest absolute Gasteiger partial charge is 0.354 e. The molecule has 0 spiro atoms. The van der Waals surface area contributed by atoms with Gasteiger partial charge in [0, 0.05) is 24.7 Å². The lowest BCUT2D eigenvalue weighted by molar-refractivity contribution is -0.120. The molecule has 0 unspecified atom stereocenters. The fourth-order valence-electron chi connectivity index (χ4n) is 2.41. The van der Waals surface area contributed by atoms with Crippen LogP contribution >= 0.6 is 11.3 Å². The molecule has 0 aliphatic carbocycles. The van der Waals surface area contributed by atoms with Crippen molar-refractivity contribution in [3.8, 4) is 10.7 Å². The molecule has 146 valence electrons. The lowest BCUT2D eigenvalue weighted by Gasteiger charge is -2.08. The van der Waals surface area contributed by atoms with Crippen molar-refractivity contribution in [3.63, 3.8) is 0 Å². The van der Waals surface area contributed by atoms with Crippen molar-refractivity contribution in [2.45, 2.75) is 18.2 Å². The Morgan fingerprint density at radius 1 is 1.11 bits per heavy atom. The third-order valence-corrected chi connectivity index (χ3v) is 6.24. The molecule has 3 aromatic rings. The maximum atomic E-state index is 12.2. The highest BCUT2D eigenvalue weighted by atomic mass is 32.2. The highest BCUT2D eigenvalue weighted by molar-refractivity contribution is 7.89. The molecule has 2 aromatic heterocycles. The summed E-state index contributed by atoms with van der Waals surface area (Å²) in [6.07, 6.45) is 1.83. The zero-order valence-electron chi connectivity index (χ0n) is 15.3. The Hall–Kier alpha value is -2.62. The van der Waals surface area contributed by atoms with Crippen LogP contribution in [0.15, 0.2) is 58.9 Å². The fraction of sp³-hybridized carbons (Fsp3) is 0.211. The summed E-state index contributed by atoms with van der Waals surface area (Å²) >= 11 is 1.43. The van der Waals surface area contributed by atoms with E-state index in [0.29, 0.717) is 5.69 Å². The number of thiazole rings is 1. The van der Waals surface area contributed by atoms with Crippen LogP contribution in [0.4, 0.5) is 0 Å². The van der Waals surface area contributed by atoms with Crippen molar-refractivity contribution in [2.75, 3.05) is 13.1 Å². The van der Waals surface area contributed by atoms with Crippen molar-refractivity contribution >= 4 is 27.3 Å². The van der Waals surface area contributed by atoms with E-state index in [9.17, 15) is 13.2 Å². The number of nitrogens with zero attached hydrogens (tertiary/aromatic N) is 2. The molecule has 9 heteroatoms. The summed E-state index contributed by atoms with van der Waals surface area (Å²) < 4.78 is 26.8. The maximum absolute atomic E-state index is 12.2. The summed E-state index contributed by atoms with van der Waals surface area (Å²) in [7, 11) is -3.58. The monoisotopic (exact) mass is 416 g/mol. The van der Waals surface area contributed by atoms with Gasteiger partial charge in [-0.15, -0.1) is 11.3 Å². The molecule has 1 amide bonds. The van der Waals surface area contributed by atoms with Crippen LogP contribution in [-0.2, 0) is 21.2 Å². The summed E-state index contributed by atoms with van der Waals surface area (Å²) in [6, 6.07) is 12.2. The summed E-state index contributed by atoms with van der Waals surface area (Å²) in [4.78, 5) is 20.9. The third kappa shape index (κ3) is 5.44. The van der Waals surface area contributed by atoms with Gasteiger partial charge in [-0.2, -0.15) is 0 Å². The molecule has 0 aliphatic heterocycles. The number of nitrogens with one attached hydrogen (secondary N) is 2. The number of hydrogen-bond donors (Lipinski definition) is 2. The topological polar surface area (TPSA) is 101 Å². The molecule has 28 heavy (non-hydrogen) atoms. The van der Waals surface area contributed by atoms with Crippen LogP contribution in [0.3, 0.4) is 0 Å². The standard InChI is InChI=1S/C19H20N4O3S2/c1-14-5-7-16(8-6-14)28(25,26)22-11-10-21-18(24)12-15-13-27-19(23-15)17-4-2-3-9-20-17/h2-9,13,22H,10-12H2,1H3,(H,21,24). The van der Waals surface area contributed by atoms with Gasteiger partial charge in [0.2, 0.25) is 15.9 Å². The Kier molecular flexibility index (Phi) is 6.50. The Morgan fingerprint density at radius 2 is 1.89 bits per heavy atom. The van der Waals surface area contributed by atoms with Crippen molar-refractivity contribution < 1.29 is 13.2 Å². The number of aryl methyl sites for hydroxylation is 1. The average molecular weight is 417 g/mol. The first kappa shape index (κ1) is 20.1. The minimum Gasteiger partial charge on any atom is -0.354 e. The van der Waals surface area contributed by atoms with E-state index in [4.69, 9.17) is 0 Å². The van der Waals surface area contributed by atoms with E-state index in [1.807, 2.05) is 30.5 Å². The van der Waals surface area contributed by atoms with E-state index in [-0.39, 0.29) is 30.3 Å². The number of rotatable bonds is 8. The van der Waals surface area contributed by atoms with E-state index in [0.717, 1.165) is 16.3 Å². The quantitative estimate of drug-likeness (QED) is 0.548. The van der Waals surface area contributed by atoms with Crippen LogP contribution in [-0.4, -0.2) is 37.4 Å². The van der Waals surface area contributed by atoms with Gasteiger partial charge in [-0.1, -0.05) is 23.8 Å². The van der Waals surface area contributed by atoms with E-state index < -0.39 is 10.0 Å². The lowest BCUT2D eigenvalue weighted by atomic mass is 10.2. The van der Waals surface area contributed by atoms with Crippen LogP contribution in [0.5, 0.6) is 0 Å². The number of aromatic nitrogens is 2. The van der Waals surface area contributed by atoms with E-state index >= 15 is 0 Å². The van der Waals surface area contributed by atoms with Gasteiger partial charge in [0.25, 0.3) is 0 Å². The predicted octanol–water partition coefficient (Wildman–Crippen LogP) is 2.15. The van der Waals surface area contributed by atoms with Crippen LogP contribution in [0.2, 0.25) is 0 Å². The molecular formula is C19H20N4O3S2. The van der Waals surface area contributed by atoms with Gasteiger partial charge in [-0.05, 0) is 31.2 Å². The minimum absolute atomic E-state index is 0.109. The smallest absolute Gasteiger partial charge is 0.240 e. The highest BCUT2D eigenvalue weighted by Crippen LogP contribution is 2.21. The van der Waals surface area contributed by atoms with Crippen LogP contribution in [0.25, 0.3) is 10.7 Å². The molecular weight excluding hydrogens is 396 g/mol. The number of pyridine rings is 1. The first-order chi connectivity index (χ1) is 13.4. The molecule has 0 saturated carbocycles. The van der Waals surface area contributed by atoms with E-state index in [1.165, 1.54) is 11.3 Å². The number of benzene rings is 1. The van der Waals surface area contributed by atoms with Gasteiger partial charge in [0.05, 0.1) is 22.7 Å². The lowest BCUT2D eigenvalue weighted by Crippen LogP contribution is -2.35. The predicted molar refractivity (Wildman–Crippen MR) is 108 cm³/mol.